The Labute approximate surface area is 304 Å². The van der Waals surface area contributed by atoms with Gasteiger partial charge in [0.05, 0.1) is 46.2 Å². The predicted octanol–water partition coefficient (Wildman–Crippen LogP) is 6.40. The second-order valence-electron chi connectivity index (χ2n) is 11.5. The Balaban J connectivity index is 1.82. The molecule has 4 aromatic rings. The van der Waals surface area contributed by atoms with Crippen LogP contribution in [-0.2, 0) is 53.0 Å². The molecule has 0 saturated heterocycles. The maximum absolute atomic E-state index is 13.5. The summed E-state index contributed by atoms with van der Waals surface area (Å²) in [5.74, 6) is -2.55. The molecule has 0 aliphatic heterocycles. The Kier molecular flexibility index (Phi) is 16.3. The Bertz CT molecular complexity index is 1640. The minimum atomic E-state index is -1.25. The Morgan fingerprint density at radius 2 is 1.08 bits per heavy atom. The van der Waals surface area contributed by atoms with Crippen LogP contribution in [0, 0.1) is 0 Å². The zero-order valence-corrected chi connectivity index (χ0v) is 29.7. The van der Waals surface area contributed by atoms with E-state index in [0.717, 1.165) is 16.7 Å². The molecule has 4 rings (SSSR count). The van der Waals surface area contributed by atoms with E-state index in [1.807, 2.05) is 91.0 Å². The monoisotopic (exact) mass is 714 g/mol. The first-order chi connectivity index (χ1) is 25.3. The van der Waals surface area contributed by atoms with E-state index in [1.165, 1.54) is 12.1 Å². The molecule has 0 aliphatic rings. The SMILES string of the molecule is CCOC(=O)COc1c(C(=O)OCC)cc([C@@H](OCc2ccccc2)[C@H](OCc2ccccc2)[C@H](O)COCc2ccccc2)cc1C(=O)OCC. The van der Waals surface area contributed by atoms with Gasteiger partial charge in [0.15, 0.2) is 6.61 Å². The largest absolute Gasteiger partial charge is 0.480 e. The normalized spacial score (nSPS) is 12.7. The van der Waals surface area contributed by atoms with Gasteiger partial charge in [-0.3, -0.25) is 0 Å². The highest BCUT2D eigenvalue weighted by Crippen LogP contribution is 2.35. The second kappa shape index (κ2) is 21.3. The summed E-state index contributed by atoms with van der Waals surface area (Å²) in [6.07, 6.45) is -3.42. The van der Waals surface area contributed by atoms with Gasteiger partial charge in [0, 0.05) is 0 Å². The first-order valence-corrected chi connectivity index (χ1v) is 17.3. The average molecular weight is 715 g/mol. The van der Waals surface area contributed by atoms with E-state index in [1.54, 1.807) is 20.8 Å². The van der Waals surface area contributed by atoms with E-state index in [4.69, 9.17) is 33.2 Å². The highest BCUT2D eigenvalue weighted by atomic mass is 16.6. The number of carbonyl (C=O) groups excluding carboxylic acids is 3. The van der Waals surface area contributed by atoms with E-state index in [2.05, 4.69) is 0 Å². The molecule has 0 unspecified atom stereocenters. The van der Waals surface area contributed by atoms with Gasteiger partial charge in [-0.15, -0.1) is 0 Å². The molecule has 11 heteroatoms. The van der Waals surface area contributed by atoms with E-state index < -0.39 is 42.8 Å². The summed E-state index contributed by atoms with van der Waals surface area (Å²) in [5.41, 5.74) is 2.56. The molecule has 1 N–H and O–H groups in total. The number of ether oxygens (including phenoxy) is 7. The number of hydrogen-bond acceptors (Lipinski definition) is 11. The van der Waals surface area contributed by atoms with Crippen LogP contribution in [0.5, 0.6) is 5.75 Å². The molecule has 52 heavy (non-hydrogen) atoms. The number of esters is 3. The Morgan fingerprint density at radius 3 is 1.56 bits per heavy atom. The van der Waals surface area contributed by atoms with E-state index in [-0.39, 0.29) is 68.7 Å². The number of hydrogen-bond donors (Lipinski definition) is 1. The number of carbonyl (C=O) groups is 3. The summed E-state index contributed by atoms with van der Waals surface area (Å²) in [7, 11) is 0. The van der Waals surface area contributed by atoms with Crippen molar-refractivity contribution >= 4 is 17.9 Å². The molecule has 0 fully saturated rings. The molecule has 0 aromatic heterocycles. The minimum absolute atomic E-state index is 0.0172. The lowest BCUT2D eigenvalue weighted by Crippen LogP contribution is -2.39. The third-order valence-electron chi connectivity index (χ3n) is 7.71. The second-order valence-corrected chi connectivity index (χ2v) is 11.5. The van der Waals surface area contributed by atoms with E-state index >= 15 is 0 Å². The van der Waals surface area contributed by atoms with Crippen molar-refractivity contribution in [2.75, 3.05) is 33.0 Å². The molecule has 0 heterocycles. The molecule has 0 aliphatic carbocycles. The van der Waals surface area contributed by atoms with Crippen molar-refractivity contribution in [3.8, 4) is 5.75 Å². The van der Waals surface area contributed by atoms with Gasteiger partial charge in [0.25, 0.3) is 0 Å². The number of rotatable bonds is 21. The maximum atomic E-state index is 13.5. The molecule has 0 bridgehead atoms. The third-order valence-corrected chi connectivity index (χ3v) is 7.71. The highest BCUT2D eigenvalue weighted by Gasteiger charge is 2.35. The Hall–Kier alpha value is -5.07. The fraction of sp³-hybridized carbons (Fsp3) is 0.341. The van der Waals surface area contributed by atoms with Crippen molar-refractivity contribution in [2.45, 2.75) is 58.9 Å². The minimum Gasteiger partial charge on any atom is -0.480 e. The van der Waals surface area contributed by atoms with E-state index in [0.29, 0.717) is 0 Å². The smallest absolute Gasteiger partial charge is 0.344 e. The average Bonchev–Trinajstić information content (AvgIpc) is 3.16. The number of aliphatic hydroxyl groups excluding tert-OH is 1. The van der Waals surface area contributed by atoms with Crippen LogP contribution in [0.2, 0.25) is 0 Å². The number of benzene rings is 4. The maximum Gasteiger partial charge on any atom is 0.344 e. The molecule has 0 spiro atoms. The summed E-state index contributed by atoms with van der Waals surface area (Å²) >= 11 is 0. The summed E-state index contributed by atoms with van der Waals surface area (Å²) in [4.78, 5) is 39.3. The van der Waals surface area contributed by atoms with Crippen LogP contribution >= 0.6 is 0 Å². The molecule has 4 aromatic carbocycles. The fourth-order valence-corrected chi connectivity index (χ4v) is 5.30. The van der Waals surface area contributed by atoms with Gasteiger partial charge in [-0.1, -0.05) is 91.0 Å². The summed E-state index contributed by atoms with van der Waals surface area (Å²) in [5, 5.41) is 11.8. The fourth-order valence-electron chi connectivity index (χ4n) is 5.30. The van der Waals surface area contributed by atoms with Crippen molar-refractivity contribution in [1.29, 1.82) is 0 Å². The molecule has 0 radical (unpaired) electrons. The molecular weight excluding hydrogens is 668 g/mol. The van der Waals surface area contributed by atoms with Gasteiger partial charge in [-0.05, 0) is 55.2 Å². The predicted molar refractivity (Wildman–Crippen MR) is 192 cm³/mol. The van der Waals surface area contributed by atoms with Crippen molar-refractivity contribution in [3.63, 3.8) is 0 Å². The van der Waals surface area contributed by atoms with Crippen LogP contribution in [-0.4, -0.2) is 68.3 Å². The molecule has 0 amide bonds. The topological polar surface area (TPSA) is 136 Å². The van der Waals surface area contributed by atoms with Gasteiger partial charge in [0.2, 0.25) is 0 Å². The van der Waals surface area contributed by atoms with Crippen LogP contribution in [0.4, 0.5) is 0 Å². The third kappa shape index (κ3) is 12.0. The standard InChI is InChI=1S/C41H46O11/c1-4-47-36(43)28-52-38-33(40(44)48-5-2)22-32(23-34(38)41(45)49-6-3)37(50-25-30-18-12-8-13-19-30)39(51-26-31-20-14-9-15-21-31)35(42)27-46-24-29-16-10-7-11-17-29/h7-23,35,37,39,42H,4-6,24-28H2,1-3H3/t35-,37-,39-/m1/s1. The lowest BCUT2D eigenvalue weighted by molar-refractivity contribution is -0.149. The quantitative estimate of drug-likeness (QED) is 0.0758. The zero-order valence-electron chi connectivity index (χ0n) is 29.7. The van der Waals surface area contributed by atoms with Crippen LogP contribution in [0.25, 0.3) is 0 Å². The van der Waals surface area contributed by atoms with Gasteiger partial charge in [-0.25, -0.2) is 14.4 Å². The van der Waals surface area contributed by atoms with Gasteiger partial charge < -0.3 is 38.3 Å². The van der Waals surface area contributed by atoms with E-state index in [9.17, 15) is 19.5 Å². The van der Waals surface area contributed by atoms with Gasteiger partial charge in [-0.2, -0.15) is 0 Å². The molecule has 3 atom stereocenters. The molecule has 276 valence electrons. The summed E-state index contributed by atoms with van der Waals surface area (Å²) < 4.78 is 40.4. The Morgan fingerprint density at radius 1 is 0.615 bits per heavy atom. The van der Waals surface area contributed by atoms with Crippen LogP contribution in [0.15, 0.2) is 103 Å². The van der Waals surface area contributed by atoms with Crippen LogP contribution in [0.1, 0.15) is 69.8 Å². The first kappa shape index (κ1) is 39.7. The molecule has 0 saturated carbocycles. The van der Waals surface area contributed by atoms with Crippen molar-refractivity contribution < 1.29 is 52.6 Å². The summed E-state index contributed by atoms with van der Waals surface area (Å²) in [6.45, 7) is 4.78. The first-order valence-electron chi connectivity index (χ1n) is 17.3. The van der Waals surface area contributed by atoms with Gasteiger partial charge >= 0.3 is 17.9 Å². The summed E-state index contributed by atoms with van der Waals surface area (Å²) in [6, 6.07) is 31.3. The lowest BCUT2D eigenvalue weighted by atomic mass is 9.94. The van der Waals surface area contributed by atoms with Crippen molar-refractivity contribution in [3.05, 3.63) is 137 Å². The lowest BCUT2D eigenvalue weighted by Gasteiger charge is -2.32. The zero-order chi connectivity index (χ0) is 37.1. The highest BCUT2D eigenvalue weighted by molar-refractivity contribution is 6.00. The van der Waals surface area contributed by atoms with Crippen molar-refractivity contribution in [1.82, 2.24) is 0 Å². The number of aliphatic hydroxyl groups is 1. The molecule has 11 nitrogen and oxygen atoms in total. The van der Waals surface area contributed by atoms with Crippen molar-refractivity contribution in [2.24, 2.45) is 0 Å². The van der Waals surface area contributed by atoms with Crippen LogP contribution < -0.4 is 4.74 Å². The molecular formula is C41H46O11. The van der Waals surface area contributed by atoms with Crippen LogP contribution in [0.3, 0.4) is 0 Å². The van der Waals surface area contributed by atoms with Gasteiger partial charge in [0.1, 0.15) is 35.2 Å².